The minimum Gasteiger partial charge on any atom is -0.308 e. The summed E-state index contributed by atoms with van der Waals surface area (Å²) in [6.07, 6.45) is 5.66. The Bertz CT molecular complexity index is 216. The Morgan fingerprint density at radius 3 is 2.75 bits per heavy atom. The van der Waals surface area contributed by atoms with E-state index < -0.39 is 0 Å². The van der Waals surface area contributed by atoms with Gasteiger partial charge in [-0.1, -0.05) is 0 Å². The van der Waals surface area contributed by atoms with Gasteiger partial charge in [0.05, 0.1) is 0 Å². The van der Waals surface area contributed by atoms with Gasteiger partial charge in [0.15, 0.2) is 0 Å². The van der Waals surface area contributed by atoms with Crippen LogP contribution in [0, 0.1) is 0 Å². The number of rotatable bonds is 7. The van der Waals surface area contributed by atoms with Crippen LogP contribution < -0.4 is 0 Å². The Labute approximate surface area is 99.8 Å². The number of likely N-dealkylation sites (N-methyl/N-ethyl adjacent to an activating group) is 1. The lowest BCUT2D eigenvalue weighted by molar-refractivity contribution is -0.117. The summed E-state index contributed by atoms with van der Waals surface area (Å²) in [5.74, 6) is 0.325. The van der Waals surface area contributed by atoms with Crippen molar-refractivity contribution >= 4 is 5.78 Å². The minimum absolute atomic E-state index is 0.325. The second-order valence-electron chi connectivity index (χ2n) is 5.25. The molecule has 0 aliphatic carbocycles. The second-order valence-corrected chi connectivity index (χ2v) is 5.25. The van der Waals surface area contributed by atoms with Crippen LogP contribution >= 0.6 is 0 Å². The summed E-state index contributed by atoms with van der Waals surface area (Å²) in [5.41, 5.74) is 0. The van der Waals surface area contributed by atoms with Gasteiger partial charge in [-0.2, -0.15) is 0 Å². The summed E-state index contributed by atoms with van der Waals surface area (Å²) in [6, 6.07) is 0.743. The normalized spacial score (nSPS) is 21.9. The highest BCUT2D eigenvalue weighted by molar-refractivity contribution is 5.75. The Balaban J connectivity index is 2.17. The van der Waals surface area contributed by atoms with Crippen molar-refractivity contribution in [3.8, 4) is 0 Å². The van der Waals surface area contributed by atoms with Crippen molar-refractivity contribution in [2.24, 2.45) is 0 Å². The van der Waals surface area contributed by atoms with Gasteiger partial charge in [-0.15, -0.1) is 0 Å². The molecule has 0 aromatic heterocycles. The smallest absolute Gasteiger partial charge is 0.129 e. The molecule has 0 N–H and O–H groups in total. The van der Waals surface area contributed by atoms with Gasteiger partial charge in [0.1, 0.15) is 5.78 Å². The number of Topliss-reactive ketones (excluding diaryl/α,β-unsaturated/α-hetero) is 1. The van der Waals surface area contributed by atoms with E-state index in [1.165, 1.54) is 38.9 Å². The highest BCUT2D eigenvalue weighted by Gasteiger charge is 2.23. The van der Waals surface area contributed by atoms with E-state index in [4.69, 9.17) is 0 Å². The van der Waals surface area contributed by atoms with E-state index in [1.54, 1.807) is 6.92 Å². The lowest BCUT2D eigenvalue weighted by Gasteiger charge is -2.26. The van der Waals surface area contributed by atoms with Crippen molar-refractivity contribution in [2.75, 3.05) is 33.7 Å². The van der Waals surface area contributed by atoms with Gasteiger partial charge in [0, 0.05) is 19.0 Å². The molecule has 0 aromatic carbocycles. The number of carbonyl (C=O) groups is 1. The average Bonchev–Trinajstić information content (AvgIpc) is 2.59. The van der Waals surface area contributed by atoms with Crippen LogP contribution in [-0.4, -0.2) is 55.4 Å². The molecule has 1 rings (SSSR count). The molecule has 0 bridgehead atoms. The molecule has 94 valence electrons. The molecule has 0 spiro atoms. The molecule has 1 unspecified atom stereocenters. The summed E-state index contributed by atoms with van der Waals surface area (Å²) < 4.78 is 0. The van der Waals surface area contributed by atoms with Crippen LogP contribution in [0.5, 0.6) is 0 Å². The van der Waals surface area contributed by atoms with Crippen molar-refractivity contribution < 1.29 is 4.79 Å². The first-order chi connectivity index (χ1) is 7.59. The van der Waals surface area contributed by atoms with Crippen LogP contribution in [0.1, 0.15) is 39.0 Å². The Morgan fingerprint density at radius 1 is 1.38 bits per heavy atom. The van der Waals surface area contributed by atoms with Crippen LogP contribution in [0.2, 0.25) is 0 Å². The summed E-state index contributed by atoms with van der Waals surface area (Å²) in [4.78, 5) is 15.7. The van der Waals surface area contributed by atoms with Gasteiger partial charge in [-0.25, -0.2) is 0 Å². The van der Waals surface area contributed by atoms with E-state index in [2.05, 4.69) is 23.9 Å². The topological polar surface area (TPSA) is 23.6 Å². The molecule has 1 aliphatic rings. The quantitative estimate of drug-likeness (QED) is 0.618. The molecule has 1 saturated heterocycles. The molecule has 1 atom stereocenters. The molecule has 1 heterocycles. The first-order valence-corrected chi connectivity index (χ1v) is 6.48. The molecular formula is C13H26N2O. The number of carbonyl (C=O) groups excluding carboxylic acids is 1. The zero-order chi connectivity index (χ0) is 12.0. The molecule has 0 amide bonds. The maximum atomic E-state index is 10.8. The monoisotopic (exact) mass is 226 g/mol. The fourth-order valence-corrected chi connectivity index (χ4v) is 2.51. The van der Waals surface area contributed by atoms with E-state index in [9.17, 15) is 4.79 Å². The van der Waals surface area contributed by atoms with Crippen molar-refractivity contribution in [3.05, 3.63) is 0 Å². The molecule has 0 radical (unpaired) electrons. The number of likely N-dealkylation sites (tertiary alicyclic amines) is 1. The maximum absolute atomic E-state index is 10.8. The lowest BCUT2D eigenvalue weighted by Crippen LogP contribution is -2.38. The van der Waals surface area contributed by atoms with E-state index in [0.29, 0.717) is 5.78 Å². The highest BCUT2D eigenvalue weighted by atomic mass is 16.1. The van der Waals surface area contributed by atoms with Crippen molar-refractivity contribution in [1.29, 1.82) is 0 Å². The highest BCUT2D eigenvalue weighted by Crippen LogP contribution is 2.18. The van der Waals surface area contributed by atoms with E-state index in [-0.39, 0.29) is 0 Å². The number of nitrogens with zero attached hydrogens (tertiary/aromatic N) is 2. The molecular weight excluding hydrogens is 200 g/mol. The Kier molecular flexibility index (Phi) is 5.99. The minimum atomic E-state index is 0.325. The predicted molar refractivity (Wildman–Crippen MR) is 67.7 cm³/mol. The largest absolute Gasteiger partial charge is 0.308 e. The second kappa shape index (κ2) is 7.02. The molecule has 3 nitrogen and oxygen atoms in total. The number of hydrogen-bond donors (Lipinski definition) is 0. The molecule has 0 aromatic rings. The SMILES string of the molecule is CC(=O)CCCCN1CCCC1CN(C)C. The summed E-state index contributed by atoms with van der Waals surface area (Å²) in [5, 5.41) is 0. The molecule has 3 heteroatoms. The fourth-order valence-electron chi connectivity index (χ4n) is 2.51. The number of hydrogen-bond acceptors (Lipinski definition) is 3. The van der Waals surface area contributed by atoms with Gasteiger partial charge < -0.3 is 9.69 Å². The first-order valence-electron chi connectivity index (χ1n) is 6.48. The van der Waals surface area contributed by atoms with Crippen molar-refractivity contribution in [3.63, 3.8) is 0 Å². The number of unbranched alkanes of at least 4 members (excludes halogenated alkanes) is 1. The Morgan fingerprint density at radius 2 is 2.12 bits per heavy atom. The predicted octanol–water partition coefficient (Wildman–Crippen LogP) is 1.77. The summed E-state index contributed by atoms with van der Waals surface area (Å²) in [7, 11) is 4.29. The van der Waals surface area contributed by atoms with Crippen LogP contribution in [0.15, 0.2) is 0 Å². The van der Waals surface area contributed by atoms with Crippen LogP contribution in [-0.2, 0) is 4.79 Å². The van der Waals surface area contributed by atoms with Gasteiger partial charge in [-0.05, 0) is 59.8 Å². The van der Waals surface area contributed by atoms with Gasteiger partial charge >= 0.3 is 0 Å². The average molecular weight is 226 g/mol. The van der Waals surface area contributed by atoms with Gasteiger partial charge in [-0.3, -0.25) is 4.90 Å². The van der Waals surface area contributed by atoms with Gasteiger partial charge in [0.25, 0.3) is 0 Å². The van der Waals surface area contributed by atoms with Crippen molar-refractivity contribution in [2.45, 2.75) is 45.1 Å². The maximum Gasteiger partial charge on any atom is 0.129 e. The third-order valence-corrected chi connectivity index (χ3v) is 3.30. The summed E-state index contributed by atoms with van der Waals surface area (Å²) >= 11 is 0. The van der Waals surface area contributed by atoms with Gasteiger partial charge in [0.2, 0.25) is 0 Å². The Hall–Kier alpha value is -0.410. The summed E-state index contributed by atoms with van der Waals surface area (Å²) in [6.45, 7) is 5.28. The third-order valence-electron chi connectivity index (χ3n) is 3.30. The van der Waals surface area contributed by atoms with E-state index in [1.807, 2.05) is 0 Å². The zero-order valence-electron chi connectivity index (χ0n) is 11.0. The standard InChI is InChI=1S/C13H26N2O/c1-12(16)7-4-5-9-15-10-6-8-13(15)11-14(2)3/h13H,4-11H2,1-3H3. The molecule has 1 fully saturated rings. The van der Waals surface area contributed by atoms with E-state index >= 15 is 0 Å². The number of ketones is 1. The van der Waals surface area contributed by atoms with Crippen LogP contribution in [0.4, 0.5) is 0 Å². The van der Waals surface area contributed by atoms with E-state index in [0.717, 1.165) is 18.9 Å². The van der Waals surface area contributed by atoms with Crippen LogP contribution in [0.3, 0.4) is 0 Å². The van der Waals surface area contributed by atoms with Crippen molar-refractivity contribution in [1.82, 2.24) is 9.80 Å². The molecule has 0 saturated carbocycles. The molecule has 16 heavy (non-hydrogen) atoms. The first kappa shape index (κ1) is 13.7. The third kappa shape index (κ3) is 5.08. The fraction of sp³-hybridized carbons (Fsp3) is 0.923. The zero-order valence-corrected chi connectivity index (χ0v) is 11.0. The van der Waals surface area contributed by atoms with Crippen LogP contribution in [0.25, 0.3) is 0 Å². The molecule has 1 aliphatic heterocycles. The lowest BCUT2D eigenvalue weighted by atomic mass is 10.1.